The number of anilines is 1. The first-order valence-electron chi connectivity index (χ1n) is 7.36. The Balaban J connectivity index is 1.93. The maximum Gasteiger partial charge on any atom is 0.261 e. The summed E-state index contributed by atoms with van der Waals surface area (Å²) in [5, 5.41) is 6.98. The van der Waals surface area contributed by atoms with Crippen LogP contribution in [0.15, 0.2) is 47.0 Å². The van der Waals surface area contributed by atoms with Gasteiger partial charge in [-0.1, -0.05) is 28.9 Å². The fourth-order valence-electron chi connectivity index (χ4n) is 2.41. The third kappa shape index (κ3) is 3.49. The van der Waals surface area contributed by atoms with Crippen molar-refractivity contribution >= 4 is 23.2 Å². The highest BCUT2D eigenvalue weighted by atomic mass is 35.5. The van der Waals surface area contributed by atoms with E-state index in [-0.39, 0.29) is 11.3 Å². The molecule has 0 spiro atoms. The van der Waals surface area contributed by atoms with E-state index in [1.807, 2.05) is 0 Å². The zero-order valence-electron chi connectivity index (χ0n) is 13.5. The molecule has 0 atom stereocenters. The minimum absolute atomic E-state index is 0.234. The maximum atomic E-state index is 13.5. The molecule has 0 fully saturated rings. The molecule has 1 N–H and O–H groups in total. The standard InChI is InChI=1S/C18H14ClFN2O3/c1-10-16(17(22-25-10)11-4-3-5-12(20)8-11)18(23)21-13-6-7-15(24-2)14(19)9-13/h3-9H,1-2H3,(H,21,23). The summed E-state index contributed by atoms with van der Waals surface area (Å²) in [6, 6.07) is 10.7. The molecule has 0 aliphatic rings. The largest absolute Gasteiger partial charge is 0.495 e. The smallest absolute Gasteiger partial charge is 0.261 e. The lowest BCUT2D eigenvalue weighted by atomic mass is 10.1. The van der Waals surface area contributed by atoms with Gasteiger partial charge in [0.2, 0.25) is 0 Å². The van der Waals surface area contributed by atoms with E-state index in [1.165, 1.54) is 19.2 Å². The molecule has 7 heteroatoms. The summed E-state index contributed by atoms with van der Waals surface area (Å²) in [6.07, 6.45) is 0. The fraction of sp³-hybridized carbons (Fsp3) is 0.111. The highest BCUT2D eigenvalue weighted by molar-refractivity contribution is 6.32. The van der Waals surface area contributed by atoms with Crippen molar-refractivity contribution in [3.8, 4) is 17.0 Å². The van der Waals surface area contributed by atoms with Gasteiger partial charge in [0.25, 0.3) is 5.91 Å². The minimum atomic E-state index is -0.431. The number of rotatable bonds is 4. The molecular formula is C18H14ClFN2O3. The molecule has 5 nitrogen and oxygen atoms in total. The van der Waals surface area contributed by atoms with Gasteiger partial charge in [0.15, 0.2) is 0 Å². The predicted octanol–water partition coefficient (Wildman–Crippen LogP) is 4.70. The number of halogens is 2. The molecule has 25 heavy (non-hydrogen) atoms. The molecule has 3 rings (SSSR count). The topological polar surface area (TPSA) is 64.4 Å². The predicted molar refractivity (Wildman–Crippen MR) is 92.6 cm³/mol. The lowest BCUT2D eigenvalue weighted by Gasteiger charge is -2.08. The number of aryl methyl sites for hydroxylation is 1. The van der Waals surface area contributed by atoms with E-state index in [1.54, 1.807) is 37.3 Å². The first kappa shape index (κ1) is 17.0. The number of hydrogen-bond donors (Lipinski definition) is 1. The highest BCUT2D eigenvalue weighted by Gasteiger charge is 2.22. The first-order chi connectivity index (χ1) is 12.0. The Kier molecular flexibility index (Phi) is 4.72. The Morgan fingerprint density at radius 1 is 1.28 bits per heavy atom. The van der Waals surface area contributed by atoms with Gasteiger partial charge in [0.05, 0.1) is 12.1 Å². The number of ether oxygens (including phenoxy) is 1. The van der Waals surface area contributed by atoms with Gasteiger partial charge in [-0.3, -0.25) is 4.79 Å². The number of carbonyl (C=O) groups excluding carboxylic acids is 1. The molecule has 0 bridgehead atoms. The van der Waals surface area contributed by atoms with Crippen LogP contribution in [-0.4, -0.2) is 18.2 Å². The second kappa shape index (κ2) is 6.94. The number of nitrogens with zero attached hydrogens (tertiary/aromatic N) is 1. The normalized spacial score (nSPS) is 10.6. The first-order valence-corrected chi connectivity index (χ1v) is 7.74. The van der Waals surface area contributed by atoms with Crippen molar-refractivity contribution in [2.75, 3.05) is 12.4 Å². The molecule has 0 saturated carbocycles. The van der Waals surface area contributed by atoms with Crippen LogP contribution in [0.25, 0.3) is 11.3 Å². The van der Waals surface area contributed by atoms with Crippen LogP contribution in [-0.2, 0) is 0 Å². The van der Waals surface area contributed by atoms with Crippen molar-refractivity contribution in [2.24, 2.45) is 0 Å². The van der Waals surface area contributed by atoms with Crippen LogP contribution in [0.4, 0.5) is 10.1 Å². The lowest BCUT2D eigenvalue weighted by Crippen LogP contribution is -2.13. The summed E-state index contributed by atoms with van der Waals surface area (Å²) in [5.74, 6) is -0.0247. The average Bonchev–Trinajstić information content (AvgIpc) is 2.97. The Hall–Kier alpha value is -2.86. The second-order valence-corrected chi connectivity index (χ2v) is 5.68. The Bertz CT molecular complexity index is 940. The van der Waals surface area contributed by atoms with Gasteiger partial charge in [0, 0.05) is 11.3 Å². The third-order valence-electron chi connectivity index (χ3n) is 3.60. The molecule has 1 amide bonds. The summed E-state index contributed by atoms with van der Waals surface area (Å²) < 4.78 is 23.7. The number of carbonyl (C=O) groups is 1. The van der Waals surface area contributed by atoms with Gasteiger partial charge >= 0.3 is 0 Å². The lowest BCUT2D eigenvalue weighted by molar-refractivity contribution is 0.102. The third-order valence-corrected chi connectivity index (χ3v) is 3.89. The van der Waals surface area contributed by atoms with Crippen molar-refractivity contribution < 1.29 is 18.4 Å². The number of amides is 1. The van der Waals surface area contributed by atoms with E-state index in [2.05, 4.69) is 10.5 Å². The zero-order valence-corrected chi connectivity index (χ0v) is 14.2. The molecule has 2 aromatic carbocycles. The molecule has 0 saturated heterocycles. The van der Waals surface area contributed by atoms with Crippen molar-refractivity contribution in [1.82, 2.24) is 5.16 Å². The molecule has 1 heterocycles. The molecule has 0 aliphatic carbocycles. The van der Waals surface area contributed by atoms with Gasteiger partial charge in [-0.2, -0.15) is 0 Å². The fourth-order valence-corrected chi connectivity index (χ4v) is 2.67. The Labute approximate surface area is 148 Å². The zero-order chi connectivity index (χ0) is 18.0. The van der Waals surface area contributed by atoms with Gasteiger partial charge in [-0.25, -0.2) is 4.39 Å². The molecule has 0 radical (unpaired) electrons. The summed E-state index contributed by atoms with van der Waals surface area (Å²) >= 11 is 6.06. The number of methoxy groups -OCH3 is 1. The molecule has 128 valence electrons. The number of benzene rings is 2. The van der Waals surface area contributed by atoms with E-state index in [4.69, 9.17) is 20.9 Å². The SMILES string of the molecule is COc1ccc(NC(=O)c2c(-c3cccc(F)c3)noc2C)cc1Cl. The molecule has 0 aliphatic heterocycles. The van der Waals surface area contributed by atoms with Crippen LogP contribution in [0.2, 0.25) is 5.02 Å². The highest BCUT2D eigenvalue weighted by Crippen LogP contribution is 2.29. The van der Waals surface area contributed by atoms with E-state index in [0.717, 1.165) is 0 Å². The van der Waals surface area contributed by atoms with E-state index in [9.17, 15) is 9.18 Å². The average molecular weight is 361 g/mol. The van der Waals surface area contributed by atoms with Crippen LogP contribution in [0, 0.1) is 12.7 Å². The van der Waals surface area contributed by atoms with Crippen LogP contribution in [0.3, 0.4) is 0 Å². The van der Waals surface area contributed by atoms with Crippen molar-refractivity contribution in [3.05, 3.63) is 64.6 Å². The second-order valence-electron chi connectivity index (χ2n) is 5.28. The number of nitrogens with one attached hydrogen (secondary N) is 1. The number of hydrogen-bond acceptors (Lipinski definition) is 4. The van der Waals surface area contributed by atoms with Gasteiger partial charge in [-0.15, -0.1) is 0 Å². The minimum Gasteiger partial charge on any atom is -0.495 e. The summed E-state index contributed by atoms with van der Waals surface area (Å²) in [4.78, 5) is 12.7. The summed E-state index contributed by atoms with van der Waals surface area (Å²) in [7, 11) is 1.51. The summed E-state index contributed by atoms with van der Waals surface area (Å²) in [6.45, 7) is 1.62. The Morgan fingerprint density at radius 3 is 2.76 bits per heavy atom. The van der Waals surface area contributed by atoms with Gasteiger partial charge < -0.3 is 14.6 Å². The van der Waals surface area contributed by atoms with E-state index in [0.29, 0.717) is 27.8 Å². The molecule has 3 aromatic rings. The quantitative estimate of drug-likeness (QED) is 0.732. The van der Waals surface area contributed by atoms with Crippen molar-refractivity contribution in [3.63, 3.8) is 0 Å². The Morgan fingerprint density at radius 2 is 2.08 bits per heavy atom. The van der Waals surface area contributed by atoms with Gasteiger partial charge in [-0.05, 0) is 37.3 Å². The molecular weight excluding hydrogens is 347 g/mol. The van der Waals surface area contributed by atoms with E-state index >= 15 is 0 Å². The summed E-state index contributed by atoms with van der Waals surface area (Å²) in [5.41, 5.74) is 1.45. The van der Waals surface area contributed by atoms with Crippen molar-refractivity contribution in [1.29, 1.82) is 0 Å². The monoisotopic (exact) mass is 360 g/mol. The van der Waals surface area contributed by atoms with Crippen LogP contribution in [0.1, 0.15) is 16.1 Å². The molecule has 1 aromatic heterocycles. The van der Waals surface area contributed by atoms with Crippen LogP contribution >= 0.6 is 11.6 Å². The van der Waals surface area contributed by atoms with Crippen LogP contribution < -0.4 is 10.1 Å². The van der Waals surface area contributed by atoms with E-state index < -0.39 is 11.7 Å². The van der Waals surface area contributed by atoms with Crippen LogP contribution in [0.5, 0.6) is 5.75 Å². The number of aromatic nitrogens is 1. The van der Waals surface area contributed by atoms with Crippen molar-refractivity contribution in [2.45, 2.75) is 6.92 Å². The molecule has 0 unspecified atom stereocenters. The van der Waals surface area contributed by atoms with Gasteiger partial charge in [0.1, 0.15) is 28.6 Å². The maximum absolute atomic E-state index is 13.5.